The summed E-state index contributed by atoms with van der Waals surface area (Å²) in [6.07, 6.45) is -1.43. The van der Waals surface area contributed by atoms with Crippen LogP contribution in [0.25, 0.3) is 0 Å². The van der Waals surface area contributed by atoms with Crippen LogP contribution in [0.3, 0.4) is 0 Å². The Bertz CT molecular complexity index is 1740. The Morgan fingerprint density at radius 3 is 2.46 bits per heavy atom. The lowest BCUT2D eigenvalue weighted by Crippen LogP contribution is -2.66. The third-order valence-corrected chi connectivity index (χ3v) is 13.4. The first kappa shape index (κ1) is 39.6. The molecule has 7 atom stereocenters. The number of amides is 4. The molecule has 4 aliphatic rings. The minimum absolute atomic E-state index is 0.0316. The van der Waals surface area contributed by atoms with E-state index in [0.29, 0.717) is 39.5 Å². The number of hydrogen-bond acceptors (Lipinski definition) is 8. The molecule has 13 nitrogen and oxygen atoms in total. The van der Waals surface area contributed by atoms with E-state index in [1.165, 1.54) is 26.1 Å². The number of ether oxygens (including phenoxy) is 1. The molecule has 0 spiro atoms. The average Bonchev–Trinajstić information content (AvgIpc) is 3.91. The van der Waals surface area contributed by atoms with Gasteiger partial charge in [-0.2, -0.15) is 13.2 Å². The van der Waals surface area contributed by atoms with Crippen molar-refractivity contribution >= 4 is 45.4 Å². The van der Waals surface area contributed by atoms with Crippen molar-refractivity contribution in [3.63, 3.8) is 0 Å². The minimum Gasteiger partial charge on any atom is -0.471 e. The Morgan fingerprint density at radius 2 is 1.87 bits per heavy atom. The number of fused-ring (bicyclic) bond motifs is 2. The van der Waals surface area contributed by atoms with Crippen LogP contribution < -0.4 is 14.8 Å². The molecule has 2 saturated carbocycles. The van der Waals surface area contributed by atoms with Crippen LogP contribution in [-0.4, -0.2) is 98.9 Å². The van der Waals surface area contributed by atoms with Gasteiger partial charge in [-0.1, -0.05) is 37.6 Å². The van der Waals surface area contributed by atoms with Crippen molar-refractivity contribution in [2.75, 3.05) is 6.54 Å². The van der Waals surface area contributed by atoms with Crippen molar-refractivity contribution < 1.29 is 50.6 Å². The van der Waals surface area contributed by atoms with Crippen LogP contribution in [-0.2, 0) is 24.4 Å². The van der Waals surface area contributed by atoms with Crippen LogP contribution in [0.2, 0.25) is 5.02 Å². The number of nitrogens with zero attached hydrogens (tertiary/aromatic N) is 3. The number of carbonyl (C=O) groups is 4. The van der Waals surface area contributed by atoms with Crippen LogP contribution in [0.15, 0.2) is 30.5 Å². The van der Waals surface area contributed by atoms with Crippen LogP contribution in [0, 0.1) is 17.8 Å². The summed E-state index contributed by atoms with van der Waals surface area (Å²) in [6.45, 7) is 5.86. The lowest BCUT2D eigenvalue weighted by molar-refractivity contribution is -0.222. The second-order valence-electron chi connectivity index (χ2n) is 15.4. The Morgan fingerprint density at radius 1 is 1.19 bits per heavy atom. The maximum atomic E-state index is 14.7. The van der Waals surface area contributed by atoms with Gasteiger partial charge in [0, 0.05) is 18.5 Å². The van der Waals surface area contributed by atoms with E-state index in [0.717, 1.165) is 4.90 Å². The summed E-state index contributed by atoms with van der Waals surface area (Å²) in [7, 11) is -4.10. The van der Waals surface area contributed by atoms with Crippen LogP contribution in [0.5, 0.6) is 5.88 Å². The number of sulfonamides is 1. The van der Waals surface area contributed by atoms with E-state index in [-0.39, 0.29) is 47.5 Å². The zero-order valence-electron chi connectivity index (χ0n) is 29.6. The summed E-state index contributed by atoms with van der Waals surface area (Å²) in [5, 5.41) is 13.1. The molecule has 2 aliphatic carbocycles. The number of halogens is 4. The molecule has 4 amide bonds. The van der Waals surface area contributed by atoms with Gasteiger partial charge in [0.2, 0.25) is 27.7 Å². The number of aromatic nitrogens is 1. The number of allylic oxidation sites excluding steroid dienone is 1. The van der Waals surface area contributed by atoms with Gasteiger partial charge in [0.25, 0.3) is 5.91 Å². The van der Waals surface area contributed by atoms with E-state index in [4.69, 9.17) is 16.3 Å². The highest BCUT2D eigenvalue weighted by Gasteiger charge is 2.64. The monoisotopic (exact) mass is 775 g/mol. The molecule has 2 aliphatic heterocycles. The number of rotatable bonds is 7. The minimum atomic E-state index is -5.08. The SMILES string of the molecule is C[C@@H]1CCC=C[C@@H]2C[C@@]2(C(=O)NS(=O)(=O)C2(C)CC2)NC(=O)[C@@H]2C[C@@H](Oc3ncccc3Cl)CN2C(=O)[C@@H](N(C(=O)O)C(C)(C)C(F)(F)F)[C@H](C)C1. The second kappa shape index (κ2) is 14.0. The van der Waals surface area contributed by atoms with E-state index in [1.807, 2.05) is 6.92 Å². The molecule has 1 aromatic rings. The third-order valence-electron chi connectivity index (χ3n) is 11.0. The zero-order chi connectivity index (χ0) is 38.6. The fourth-order valence-corrected chi connectivity index (χ4v) is 8.68. The smallest absolute Gasteiger partial charge is 0.411 e. The quantitative estimate of drug-likeness (QED) is 0.333. The van der Waals surface area contributed by atoms with Gasteiger partial charge in [-0.25, -0.2) is 18.2 Å². The number of alkyl halides is 3. The number of carboxylic acid groups (broad SMARTS) is 1. The number of nitrogens with one attached hydrogen (secondary N) is 2. The first-order valence-corrected chi connectivity index (χ1v) is 19.1. The highest BCUT2D eigenvalue weighted by Crippen LogP contribution is 2.48. The summed E-state index contributed by atoms with van der Waals surface area (Å²) in [5.41, 5.74) is -4.72. The third kappa shape index (κ3) is 7.57. The summed E-state index contributed by atoms with van der Waals surface area (Å²) < 4.78 is 76.7. The molecule has 3 N–H and O–H groups in total. The van der Waals surface area contributed by atoms with E-state index >= 15 is 0 Å². The molecule has 0 bridgehead atoms. The summed E-state index contributed by atoms with van der Waals surface area (Å²) >= 11 is 6.26. The molecular formula is C34H45ClF3N5O8S. The van der Waals surface area contributed by atoms with Crippen molar-refractivity contribution in [2.24, 2.45) is 17.8 Å². The fraction of sp³-hybridized carbons (Fsp3) is 0.676. The molecule has 0 radical (unpaired) electrons. The molecule has 1 saturated heterocycles. The predicted molar refractivity (Wildman–Crippen MR) is 183 cm³/mol. The van der Waals surface area contributed by atoms with Crippen LogP contribution in [0.1, 0.15) is 79.6 Å². The largest absolute Gasteiger partial charge is 0.471 e. The van der Waals surface area contributed by atoms with E-state index in [9.17, 15) is 45.9 Å². The summed E-state index contributed by atoms with van der Waals surface area (Å²) in [6, 6.07) is -0.303. The Balaban J connectivity index is 1.57. The van der Waals surface area contributed by atoms with Gasteiger partial charge in [-0.3, -0.25) is 24.0 Å². The molecule has 3 heterocycles. The number of carbonyl (C=O) groups excluding carboxylic acids is 3. The normalized spacial score (nSPS) is 30.9. The lowest BCUT2D eigenvalue weighted by Gasteiger charge is -2.45. The highest BCUT2D eigenvalue weighted by molar-refractivity contribution is 7.91. The zero-order valence-corrected chi connectivity index (χ0v) is 31.1. The van der Waals surface area contributed by atoms with Gasteiger partial charge >= 0.3 is 12.3 Å². The molecule has 18 heteroatoms. The van der Waals surface area contributed by atoms with Crippen LogP contribution in [0.4, 0.5) is 18.0 Å². The van der Waals surface area contributed by atoms with Gasteiger partial charge in [-0.15, -0.1) is 0 Å². The predicted octanol–water partition coefficient (Wildman–Crippen LogP) is 4.66. The maximum Gasteiger partial charge on any atom is 0.411 e. The topological polar surface area (TPSA) is 175 Å². The summed E-state index contributed by atoms with van der Waals surface area (Å²) in [5.74, 6) is -4.64. The van der Waals surface area contributed by atoms with Gasteiger partial charge in [0.15, 0.2) is 0 Å². The molecule has 52 heavy (non-hydrogen) atoms. The Labute approximate surface area is 305 Å². The summed E-state index contributed by atoms with van der Waals surface area (Å²) in [4.78, 5) is 60.8. The molecule has 288 valence electrons. The lowest BCUT2D eigenvalue weighted by atomic mass is 9.85. The number of hydrogen-bond donors (Lipinski definition) is 3. The Hall–Kier alpha value is -3.60. The van der Waals surface area contributed by atoms with E-state index < -0.39 is 85.9 Å². The molecule has 0 unspecified atom stereocenters. The van der Waals surface area contributed by atoms with Crippen molar-refractivity contribution in [3.05, 3.63) is 35.5 Å². The highest BCUT2D eigenvalue weighted by atomic mass is 35.5. The van der Waals surface area contributed by atoms with Crippen molar-refractivity contribution in [1.29, 1.82) is 0 Å². The van der Waals surface area contributed by atoms with Crippen LogP contribution >= 0.6 is 11.6 Å². The van der Waals surface area contributed by atoms with Crippen molar-refractivity contribution in [3.8, 4) is 5.88 Å². The molecule has 5 rings (SSSR count). The molecule has 0 aromatic carbocycles. The first-order valence-electron chi connectivity index (χ1n) is 17.3. The maximum absolute atomic E-state index is 14.7. The fourth-order valence-electron chi connectivity index (χ4n) is 7.20. The van der Waals surface area contributed by atoms with E-state index in [1.54, 1.807) is 18.2 Å². The average molecular weight is 776 g/mol. The van der Waals surface area contributed by atoms with Gasteiger partial charge in [0.1, 0.15) is 34.3 Å². The second-order valence-corrected chi connectivity index (χ2v) is 18.0. The molecular weight excluding hydrogens is 731 g/mol. The standard InChI is InChI=1S/C34H45ClF3N5O8S/c1-19-9-6-7-10-21-17-33(21,29(46)41-52(49,50)32(5)12-13-32)40-26(44)24-16-22(51-27-23(35)11-8-14-39-27)18-42(24)28(45)25(20(2)15-19)43(30(47)48)31(3,4)34(36,37)38/h7-8,10-11,14,19-22,24-25H,6,9,12-13,15-18H2,1-5H3,(H,40,44)(H,41,46)(H,47,48)/t19-,20-,21-,22-,24+,25+,33-/m1/s1. The van der Waals surface area contributed by atoms with Gasteiger partial charge in [-0.05, 0) is 83.3 Å². The van der Waals surface area contributed by atoms with Crippen molar-refractivity contribution in [2.45, 2.75) is 120 Å². The first-order chi connectivity index (χ1) is 24.0. The van der Waals surface area contributed by atoms with E-state index in [2.05, 4.69) is 15.0 Å². The van der Waals surface area contributed by atoms with Gasteiger partial charge < -0.3 is 20.1 Å². The number of pyridine rings is 1. The molecule has 3 fully saturated rings. The van der Waals surface area contributed by atoms with Crippen molar-refractivity contribution in [1.82, 2.24) is 24.8 Å². The van der Waals surface area contributed by atoms with Gasteiger partial charge in [0.05, 0.1) is 11.3 Å². The molecule has 1 aromatic heterocycles. The Kier molecular flexibility index (Phi) is 10.7.